The molecule has 1 saturated heterocycles. The molecule has 6 nitrogen and oxygen atoms in total. The summed E-state index contributed by atoms with van der Waals surface area (Å²) in [5, 5.41) is 3.00. The molecule has 1 aliphatic rings. The Balaban J connectivity index is 1.97. The van der Waals surface area contributed by atoms with E-state index < -0.39 is 10.0 Å². The Hall–Kier alpha value is -1.60. The molecule has 128 valence electrons. The number of likely N-dealkylation sites (tertiary alicyclic amines) is 1. The number of piperidine rings is 1. The fraction of sp³-hybridized carbons (Fsp3) is 0.562. The van der Waals surface area contributed by atoms with Crippen molar-refractivity contribution in [1.82, 2.24) is 14.9 Å². The van der Waals surface area contributed by atoms with E-state index >= 15 is 0 Å². The number of rotatable bonds is 5. The third kappa shape index (κ3) is 5.51. The first-order chi connectivity index (χ1) is 10.9. The Morgan fingerprint density at radius 3 is 2.65 bits per heavy atom. The van der Waals surface area contributed by atoms with Crippen LogP contribution in [0, 0.1) is 0 Å². The molecule has 1 fully saturated rings. The van der Waals surface area contributed by atoms with Gasteiger partial charge in [-0.15, -0.1) is 0 Å². The molecular weight excluding hydrogens is 314 g/mol. The number of hydrogen-bond acceptors (Lipinski definition) is 3. The molecule has 1 aliphatic heterocycles. The van der Waals surface area contributed by atoms with Crippen molar-refractivity contribution in [2.24, 2.45) is 0 Å². The third-order valence-electron chi connectivity index (χ3n) is 4.11. The molecule has 1 aromatic carbocycles. The number of benzene rings is 1. The minimum atomic E-state index is -3.25. The normalized spacial score (nSPS) is 20.1. The smallest absolute Gasteiger partial charge is 0.318 e. The lowest BCUT2D eigenvalue weighted by Crippen LogP contribution is -2.53. The van der Waals surface area contributed by atoms with Crippen molar-refractivity contribution in [2.75, 3.05) is 19.3 Å². The molecule has 2 atom stereocenters. The minimum absolute atomic E-state index is 0.0888. The van der Waals surface area contributed by atoms with Crippen molar-refractivity contribution in [2.45, 2.75) is 38.3 Å². The summed E-state index contributed by atoms with van der Waals surface area (Å²) >= 11 is 0. The summed E-state index contributed by atoms with van der Waals surface area (Å²) in [7, 11) is -3.25. The highest BCUT2D eigenvalue weighted by atomic mass is 32.2. The number of hydrogen-bond donors (Lipinski definition) is 2. The van der Waals surface area contributed by atoms with E-state index in [1.807, 2.05) is 37.3 Å². The van der Waals surface area contributed by atoms with Crippen LogP contribution in [0.1, 0.15) is 37.8 Å². The summed E-state index contributed by atoms with van der Waals surface area (Å²) in [6, 6.07) is 9.45. The first kappa shape index (κ1) is 17.7. The van der Waals surface area contributed by atoms with Crippen LogP contribution in [0.25, 0.3) is 0 Å². The van der Waals surface area contributed by atoms with Gasteiger partial charge in [0.25, 0.3) is 0 Å². The molecule has 2 N–H and O–H groups in total. The van der Waals surface area contributed by atoms with E-state index in [0.717, 1.165) is 31.1 Å². The molecule has 0 unspecified atom stereocenters. The van der Waals surface area contributed by atoms with Crippen LogP contribution in [0.5, 0.6) is 0 Å². The highest BCUT2D eigenvalue weighted by Gasteiger charge is 2.28. The van der Waals surface area contributed by atoms with Gasteiger partial charge in [0.1, 0.15) is 0 Å². The van der Waals surface area contributed by atoms with E-state index in [1.165, 1.54) is 0 Å². The van der Waals surface area contributed by atoms with Crippen molar-refractivity contribution >= 4 is 16.1 Å². The predicted molar refractivity (Wildman–Crippen MR) is 90.6 cm³/mol. The van der Waals surface area contributed by atoms with Crippen LogP contribution in [0.4, 0.5) is 4.79 Å². The molecule has 7 heteroatoms. The van der Waals surface area contributed by atoms with Crippen molar-refractivity contribution in [3.05, 3.63) is 35.9 Å². The zero-order valence-electron chi connectivity index (χ0n) is 13.7. The van der Waals surface area contributed by atoms with Gasteiger partial charge in [0.05, 0.1) is 12.3 Å². The average Bonchev–Trinajstić information content (AvgIpc) is 2.53. The van der Waals surface area contributed by atoms with Gasteiger partial charge >= 0.3 is 6.03 Å². The molecule has 1 aromatic rings. The third-order valence-corrected chi connectivity index (χ3v) is 4.80. The van der Waals surface area contributed by atoms with Gasteiger partial charge < -0.3 is 10.2 Å². The van der Waals surface area contributed by atoms with Crippen LogP contribution in [-0.2, 0) is 10.0 Å². The molecule has 1 heterocycles. The number of sulfonamides is 1. The molecule has 0 aliphatic carbocycles. The van der Waals surface area contributed by atoms with Crippen LogP contribution in [-0.4, -0.2) is 44.7 Å². The summed E-state index contributed by atoms with van der Waals surface area (Å²) < 4.78 is 25.1. The standard InChI is InChI=1S/C16H25N3O3S/c1-13(14-8-4-3-5-9-14)18-16(20)19-11-7-6-10-15(19)12-17-23(2,21)22/h3-5,8-9,13,15,17H,6-7,10-12H2,1-2H3,(H,18,20)/t13-,15-/m1/s1. The second kappa shape index (κ2) is 7.79. The summed E-state index contributed by atoms with van der Waals surface area (Å²) in [5.41, 5.74) is 1.05. The maximum absolute atomic E-state index is 12.6. The van der Waals surface area contributed by atoms with E-state index in [1.54, 1.807) is 4.90 Å². The summed E-state index contributed by atoms with van der Waals surface area (Å²) in [6.07, 6.45) is 3.91. The first-order valence-corrected chi connectivity index (χ1v) is 9.82. The second-order valence-corrected chi connectivity index (χ2v) is 7.88. The maximum atomic E-state index is 12.6. The van der Waals surface area contributed by atoms with Crippen LogP contribution >= 0.6 is 0 Å². The van der Waals surface area contributed by atoms with Gasteiger partial charge in [0, 0.05) is 19.1 Å². The highest BCUT2D eigenvalue weighted by molar-refractivity contribution is 7.88. The molecule has 0 radical (unpaired) electrons. The van der Waals surface area contributed by atoms with Gasteiger partial charge in [-0.05, 0) is 31.7 Å². The maximum Gasteiger partial charge on any atom is 0.318 e. The van der Waals surface area contributed by atoms with E-state index in [4.69, 9.17) is 0 Å². The number of urea groups is 1. The van der Waals surface area contributed by atoms with Crippen LogP contribution in [0.3, 0.4) is 0 Å². The topological polar surface area (TPSA) is 78.5 Å². The van der Waals surface area contributed by atoms with E-state index in [2.05, 4.69) is 10.0 Å². The number of carbonyl (C=O) groups is 1. The largest absolute Gasteiger partial charge is 0.331 e. The van der Waals surface area contributed by atoms with E-state index in [9.17, 15) is 13.2 Å². The van der Waals surface area contributed by atoms with E-state index in [0.29, 0.717) is 6.54 Å². The van der Waals surface area contributed by atoms with Crippen molar-refractivity contribution in [1.29, 1.82) is 0 Å². The first-order valence-electron chi connectivity index (χ1n) is 7.93. The summed E-state index contributed by atoms with van der Waals surface area (Å²) in [5.74, 6) is 0. The van der Waals surface area contributed by atoms with Crippen molar-refractivity contribution < 1.29 is 13.2 Å². The zero-order chi connectivity index (χ0) is 16.9. The molecule has 0 saturated carbocycles. The molecule has 0 spiro atoms. The minimum Gasteiger partial charge on any atom is -0.331 e. The Kier molecular flexibility index (Phi) is 6.01. The van der Waals surface area contributed by atoms with Crippen LogP contribution in [0.15, 0.2) is 30.3 Å². The molecule has 2 rings (SSSR count). The number of amides is 2. The molecule has 0 bridgehead atoms. The quantitative estimate of drug-likeness (QED) is 0.859. The molecular formula is C16H25N3O3S. The Morgan fingerprint density at radius 2 is 2.00 bits per heavy atom. The predicted octanol–water partition coefficient (Wildman–Crippen LogP) is 1.86. The molecule has 2 amide bonds. The molecule has 23 heavy (non-hydrogen) atoms. The Labute approximate surface area is 138 Å². The number of nitrogens with one attached hydrogen (secondary N) is 2. The lowest BCUT2D eigenvalue weighted by atomic mass is 10.0. The second-order valence-electron chi connectivity index (χ2n) is 6.05. The van der Waals surface area contributed by atoms with Crippen molar-refractivity contribution in [3.63, 3.8) is 0 Å². The Morgan fingerprint density at radius 1 is 1.30 bits per heavy atom. The van der Waals surface area contributed by atoms with Gasteiger partial charge in [-0.3, -0.25) is 0 Å². The average molecular weight is 339 g/mol. The van der Waals surface area contributed by atoms with E-state index in [-0.39, 0.29) is 24.7 Å². The van der Waals surface area contributed by atoms with Gasteiger partial charge in [0.2, 0.25) is 10.0 Å². The lowest BCUT2D eigenvalue weighted by molar-refractivity contribution is 0.149. The SMILES string of the molecule is C[C@@H](NC(=O)N1CCCC[C@@H]1CNS(C)(=O)=O)c1ccccc1. The monoisotopic (exact) mass is 339 g/mol. The fourth-order valence-electron chi connectivity index (χ4n) is 2.82. The summed E-state index contributed by atoms with van der Waals surface area (Å²) in [4.78, 5) is 14.3. The highest BCUT2D eigenvalue weighted by Crippen LogP contribution is 2.18. The van der Waals surface area contributed by atoms with Crippen molar-refractivity contribution in [3.8, 4) is 0 Å². The zero-order valence-corrected chi connectivity index (χ0v) is 14.5. The van der Waals surface area contributed by atoms with Crippen LogP contribution < -0.4 is 10.0 Å². The lowest BCUT2D eigenvalue weighted by Gasteiger charge is -2.36. The summed E-state index contributed by atoms with van der Waals surface area (Å²) in [6.45, 7) is 2.87. The fourth-order valence-corrected chi connectivity index (χ4v) is 3.32. The van der Waals surface area contributed by atoms with Gasteiger partial charge in [-0.25, -0.2) is 17.9 Å². The Bertz CT molecular complexity index is 619. The van der Waals surface area contributed by atoms with Gasteiger partial charge in [-0.2, -0.15) is 0 Å². The molecule has 0 aromatic heterocycles. The number of carbonyl (C=O) groups excluding carboxylic acids is 1. The van der Waals surface area contributed by atoms with Gasteiger partial charge in [0.15, 0.2) is 0 Å². The van der Waals surface area contributed by atoms with Gasteiger partial charge in [-0.1, -0.05) is 30.3 Å². The number of nitrogens with zero attached hydrogens (tertiary/aromatic N) is 1. The van der Waals surface area contributed by atoms with Crippen LogP contribution in [0.2, 0.25) is 0 Å².